The smallest absolute Gasteiger partial charge is 0.111 e. The number of aromatic amines is 1. The molecule has 0 bridgehead atoms. The number of aromatic nitrogens is 2. The summed E-state index contributed by atoms with van der Waals surface area (Å²) in [5.74, 6) is 1.40. The lowest BCUT2D eigenvalue weighted by Gasteiger charge is -1.96. The molecule has 3 N–H and O–H groups in total. The number of H-pyrrole nitrogens is 1. The third kappa shape index (κ3) is 1.35. The molecule has 1 aromatic carbocycles. The molecule has 3 heteroatoms. The van der Waals surface area contributed by atoms with E-state index in [1.807, 2.05) is 13.0 Å². The van der Waals surface area contributed by atoms with Gasteiger partial charge in [0.25, 0.3) is 0 Å². The molecule has 0 saturated carbocycles. The Kier molecular flexibility index (Phi) is 1.95. The van der Waals surface area contributed by atoms with Crippen molar-refractivity contribution < 1.29 is 0 Å². The quantitative estimate of drug-likeness (QED) is 0.677. The number of imidazole rings is 1. The SMILES string of the molecule is Cc1cc(N)c2nc(C(C)C)[nH]c2c1. The summed E-state index contributed by atoms with van der Waals surface area (Å²) in [5, 5.41) is 0. The molecule has 74 valence electrons. The molecule has 0 amide bonds. The van der Waals surface area contributed by atoms with Crippen molar-refractivity contribution in [3.63, 3.8) is 0 Å². The minimum Gasteiger partial charge on any atom is -0.397 e. The zero-order valence-electron chi connectivity index (χ0n) is 8.76. The second kappa shape index (κ2) is 3.01. The standard InChI is InChI=1S/C11H15N3/c1-6(2)11-13-9-5-7(3)4-8(12)10(9)14-11/h4-6H,12H2,1-3H3,(H,13,14). The molecule has 14 heavy (non-hydrogen) atoms. The number of aryl methyl sites for hydroxylation is 1. The van der Waals surface area contributed by atoms with Gasteiger partial charge in [-0.15, -0.1) is 0 Å². The number of nitrogen functional groups attached to an aromatic ring is 1. The second-order valence-corrected chi connectivity index (χ2v) is 4.03. The Morgan fingerprint density at radius 1 is 1.36 bits per heavy atom. The zero-order chi connectivity index (χ0) is 10.3. The minimum absolute atomic E-state index is 0.405. The summed E-state index contributed by atoms with van der Waals surface area (Å²) in [6.45, 7) is 6.26. The van der Waals surface area contributed by atoms with Gasteiger partial charge in [-0.05, 0) is 24.6 Å². The van der Waals surface area contributed by atoms with Gasteiger partial charge in [-0.3, -0.25) is 0 Å². The molecule has 2 aromatic rings. The van der Waals surface area contributed by atoms with Gasteiger partial charge in [0.05, 0.1) is 11.2 Å². The van der Waals surface area contributed by atoms with Crippen LogP contribution in [0.5, 0.6) is 0 Å². The van der Waals surface area contributed by atoms with Gasteiger partial charge in [-0.2, -0.15) is 0 Å². The molecular weight excluding hydrogens is 174 g/mol. The number of nitrogens with one attached hydrogen (secondary N) is 1. The number of hydrogen-bond acceptors (Lipinski definition) is 2. The molecule has 1 heterocycles. The van der Waals surface area contributed by atoms with Crippen LogP contribution in [0.2, 0.25) is 0 Å². The Labute approximate surface area is 83.3 Å². The third-order valence-electron chi connectivity index (χ3n) is 2.33. The normalized spacial score (nSPS) is 11.4. The van der Waals surface area contributed by atoms with Crippen molar-refractivity contribution in [2.24, 2.45) is 0 Å². The zero-order valence-corrected chi connectivity index (χ0v) is 8.76. The van der Waals surface area contributed by atoms with Crippen molar-refractivity contribution >= 4 is 16.7 Å². The van der Waals surface area contributed by atoms with Gasteiger partial charge in [0, 0.05) is 5.92 Å². The molecule has 1 aromatic heterocycles. The van der Waals surface area contributed by atoms with Gasteiger partial charge in [-0.1, -0.05) is 13.8 Å². The topological polar surface area (TPSA) is 54.7 Å². The molecule has 0 spiro atoms. The van der Waals surface area contributed by atoms with Crippen LogP contribution >= 0.6 is 0 Å². The van der Waals surface area contributed by atoms with Crippen LogP contribution in [0.25, 0.3) is 11.0 Å². The first-order valence-corrected chi connectivity index (χ1v) is 4.83. The first-order valence-electron chi connectivity index (χ1n) is 4.83. The molecule has 0 aliphatic carbocycles. The third-order valence-corrected chi connectivity index (χ3v) is 2.33. The minimum atomic E-state index is 0.405. The average Bonchev–Trinajstić information content (AvgIpc) is 2.47. The number of nitrogens with zero attached hydrogens (tertiary/aromatic N) is 1. The monoisotopic (exact) mass is 189 g/mol. The fourth-order valence-electron chi connectivity index (χ4n) is 1.59. The van der Waals surface area contributed by atoms with E-state index >= 15 is 0 Å². The Morgan fingerprint density at radius 2 is 2.07 bits per heavy atom. The fourth-order valence-corrected chi connectivity index (χ4v) is 1.59. The molecular formula is C11H15N3. The highest BCUT2D eigenvalue weighted by Gasteiger charge is 2.08. The van der Waals surface area contributed by atoms with E-state index in [0.717, 1.165) is 28.1 Å². The van der Waals surface area contributed by atoms with Gasteiger partial charge in [0.15, 0.2) is 0 Å². The van der Waals surface area contributed by atoms with Crippen LogP contribution < -0.4 is 5.73 Å². The van der Waals surface area contributed by atoms with Gasteiger partial charge in [0.1, 0.15) is 11.3 Å². The molecule has 0 fully saturated rings. The van der Waals surface area contributed by atoms with E-state index in [2.05, 4.69) is 29.9 Å². The summed E-state index contributed by atoms with van der Waals surface area (Å²) >= 11 is 0. The summed E-state index contributed by atoms with van der Waals surface area (Å²) in [6, 6.07) is 4.03. The van der Waals surface area contributed by atoms with Crippen molar-refractivity contribution in [2.45, 2.75) is 26.7 Å². The molecule has 0 unspecified atom stereocenters. The van der Waals surface area contributed by atoms with Gasteiger partial charge in [-0.25, -0.2) is 4.98 Å². The lowest BCUT2D eigenvalue weighted by Crippen LogP contribution is -1.89. The van der Waals surface area contributed by atoms with E-state index in [1.165, 1.54) is 0 Å². The van der Waals surface area contributed by atoms with E-state index in [-0.39, 0.29) is 0 Å². The Bertz CT molecular complexity index is 469. The summed E-state index contributed by atoms with van der Waals surface area (Å²) < 4.78 is 0. The Balaban J connectivity index is 2.70. The van der Waals surface area contributed by atoms with Gasteiger partial charge >= 0.3 is 0 Å². The van der Waals surface area contributed by atoms with Gasteiger partial charge < -0.3 is 10.7 Å². The first-order chi connectivity index (χ1) is 6.58. The van der Waals surface area contributed by atoms with Crippen molar-refractivity contribution in [2.75, 3.05) is 5.73 Å². The van der Waals surface area contributed by atoms with E-state index < -0.39 is 0 Å². The molecule has 0 saturated heterocycles. The molecule has 0 aliphatic heterocycles. The van der Waals surface area contributed by atoms with Crippen LogP contribution in [0, 0.1) is 6.92 Å². The van der Waals surface area contributed by atoms with E-state index in [4.69, 9.17) is 5.73 Å². The number of fused-ring (bicyclic) bond motifs is 1. The summed E-state index contributed by atoms with van der Waals surface area (Å²) in [5.41, 5.74) is 9.72. The second-order valence-electron chi connectivity index (χ2n) is 4.03. The summed E-state index contributed by atoms with van der Waals surface area (Å²) in [6.07, 6.45) is 0. The lowest BCUT2D eigenvalue weighted by atomic mass is 10.2. The van der Waals surface area contributed by atoms with E-state index in [9.17, 15) is 0 Å². The number of nitrogens with two attached hydrogens (primary N) is 1. The van der Waals surface area contributed by atoms with Crippen LogP contribution in [-0.4, -0.2) is 9.97 Å². The molecule has 0 radical (unpaired) electrons. The molecule has 3 nitrogen and oxygen atoms in total. The van der Waals surface area contributed by atoms with Crippen LogP contribution in [-0.2, 0) is 0 Å². The fraction of sp³-hybridized carbons (Fsp3) is 0.364. The highest BCUT2D eigenvalue weighted by Crippen LogP contribution is 2.23. The van der Waals surface area contributed by atoms with E-state index in [0.29, 0.717) is 5.92 Å². The van der Waals surface area contributed by atoms with Gasteiger partial charge in [0.2, 0.25) is 0 Å². The van der Waals surface area contributed by atoms with Crippen LogP contribution in [0.4, 0.5) is 5.69 Å². The van der Waals surface area contributed by atoms with E-state index in [1.54, 1.807) is 0 Å². The Morgan fingerprint density at radius 3 is 2.71 bits per heavy atom. The van der Waals surface area contributed by atoms with Crippen molar-refractivity contribution in [3.8, 4) is 0 Å². The number of benzene rings is 1. The highest BCUT2D eigenvalue weighted by molar-refractivity contribution is 5.87. The summed E-state index contributed by atoms with van der Waals surface area (Å²) in [7, 11) is 0. The Hall–Kier alpha value is -1.51. The van der Waals surface area contributed by atoms with Crippen molar-refractivity contribution in [1.29, 1.82) is 0 Å². The van der Waals surface area contributed by atoms with Crippen LogP contribution in [0.15, 0.2) is 12.1 Å². The van der Waals surface area contributed by atoms with Crippen LogP contribution in [0.1, 0.15) is 31.2 Å². The van der Waals surface area contributed by atoms with Crippen molar-refractivity contribution in [3.05, 3.63) is 23.5 Å². The first kappa shape index (κ1) is 9.06. The molecule has 0 atom stereocenters. The maximum absolute atomic E-state index is 5.89. The maximum atomic E-state index is 5.89. The molecule has 0 aliphatic rings. The predicted molar refractivity (Wildman–Crippen MR) is 59.3 cm³/mol. The highest BCUT2D eigenvalue weighted by atomic mass is 14.9. The number of rotatable bonds is 1. The van der Waals surface area contributed by atoms with Crippen LogP contribution in [0.3, 0.4) is 0 Å². The molecule has 2 rings (SSSR count). The van der Waals surface area contributed by atoms with Crippen molar-refractivity contribution in [1.82, 2.24) is 9.97 Å². The number of anilines is 1. The predicted octanol–water partition coefficient (Wildman–Crippen LogP) is 2.58. The summed E-state index contributed by atoms with van der Waals surface area (Å²) in [4.78, 5) is 7.76. The largest absolute Gasteiger partial charge is 0.397 e. The lowest BCUT2D eigenvalue weighted by molar-refractivity contribution is 0.799. The maximum Gasteiger partial charge on any atom is 0.111 e. The number of hydrogen-bond donors (Lipinski definition) is 2. The average molecular weight is 189 g/mol.